The molecule has 0 bridgehead atoms. The molecule has 0 aliphatic heterocycles. The average molecular weight is 312 g/mol. The second kappa shape index (κ2) is 6.63. The molecule has 1 aromatic rings. The lowest BCUT2D eigenvalue weighted by Gasteiger charge is -2.17. The zero-order chi connectivity index (χ0) is 16.3. The van der Waals surface area contributed by atoms with Crippen molar-refractivity contribution >= 4 is 30.6 Å². The van der Waals surface area contributed by atoms with Crippen LogP contribution in [0.2, 0.25) is 0 Å². The van der Waals surface area contributed by atoms with Crippen molar-refractivity contribution in [3.8, 4) is 0 Å². The van der Waals surface area contributed by atoms with E-state index in [0.717, 1.165) is 25.3 Å². The van der Waals surface area contributed by atoms with Crippen molar-refractivity contribution in [2.24, 2.45) is 5.92 Å². The number of halogens is 3. The minimum absolute atomic E-state index is 0.0541. The van der Waals surface area contributed by atoms with Crippen molar-refractivity contribution in [2.75, 3.05) is 11.1 Å². The quantitative estimate of drug-likeness (QED) is 0.663. The number of hydrogen-bond donors (Lipinski definition) is 2. The Bertz CT molecular complexity index is 554. The summed E-state index contributed by atoms with van der Waals surface area (Å²) in [6.07, 6.45) is 0.967. The van der Waals surface area contributed by atoms with Crippen LogP contribution in [0.1, 0.15) is 44.1 Å². The summed E-state index contributed by atoms with van der Waals surface area (Å²) in [5, 5.41) is 2.35. The highest BCUT2D eigenvalue weighted by molar-refractivity contribution is 6.33. The first kappa shape index (κ1) is 16.7. The van der Waals surface area contributed by atoms with Crippen molar-refractivity contribution in [1.82, 2.24) is 0 Å². The highest BCUT2D eigenvalue weighted by Crippen LogP contribution is 2.37. The zero-order valence-corrected chi connectivity index (χ0v) is 12.6. The second-order valence-corrected chi connectivity index (χ2v) is 6.01. The Morgan fingerprint density at radius 3 is 2.55 bits per heavy atom. The minimum Gasteiger partial charge on any atom is -0.397 e. The SMILES string of the molecule is Bc1cc(N)c(NC(=O)CCC2CCCC2)c(C(F)(F)F)c1. The number of nitrogens with two attached hydrogens (primary N) is 1. The van der Waals surface area contributed by atoms with Gasteiger partial charge in [-0.15, -0.1) is 0 Å². The summed E-state index contributed by atoms with van der Waals surface area (Å²) in [6, 6.07) is 2.44. The zero-order valence-electron chi connectivity index (χ0n) is 12.6. The standard InChI is InChI=1S/C15H20BF3N2O/c16-10-7-11(15(17,18)19)14(12(20)8-10)21-13(22)6-5-9-3-1-2-4-9/h7-9H,1-6,16,20H2,(H,21,22). The molecule has 0 saturated heterocycles. The Labute approximate surface area is 128 Å². The summed E-state index contributed by atoms with van der Waals surface area (Å²) in [5.74, 6) is 0.108. The normalized spacial score (nSPS) is 16.0. The molecule has 0 atom stereocenters. The number of carbonyl (C=O) groups excluding carboxylic acids is 1. The Morgan fingerprint density at radius 2 is 1.95 bits per heavy atom. The van der Waals surface area contributed by atoms with Gasteiger partial charge in [0.25, 0.3) is 0 Å². The molecule has 1 aliphatic carbocycles. The molecule has 2 rings (SSSR count). The number of rotatable bonds is 4. The third-order valence-corrected chi connectivity index (χ3v) is 4.14. The Kier molecular flexibility index (Phi) is 5.03. The van der Waals surface area contributed by atoms with Crippen LogP contribution in [0.25, 0.3) is 0 Å². The number of carbonyl (C=O) groups is 1. The van der Waals surface area contributed by atoms with E-state index in [1.165, 1.54) is 26.8 Å². The second-order valence-electron chi connectivity index (χ2n) is 6.01. The van der Waals surface area contributed by atoms with Crippen LogP contribution in [0.4, 0.5) is 24.5 Å². The smallest absolute Gasteiger partial charge is 0.397 e. The van der Waals surface area contributed by atoms with E-state index >= 15 is 0 Å². The summed E-state index contributed by atoms with van der Waals surface area (Å²) in [6.45, 7) is 0. The lowest BCUT2D eigenvalue weighted by Crippen LogP contribution is -2.21. The maximum atomic E-state index is 13.1. The van der Waals surface area contributed by atoms with Gasteiger partial charge in [0.2, 0.25) is 5.91 Å². The topological polar surface area (TPSA) is 55.1 Å². The summed E-state index contributed by atoms with van der Waals surface area (Å²) < 4.78 is 39.3. The number of alkyl halides is 3. The molecule has 0 aromatic heterocycles. The number of nitrogen functional groups attached to an aromatic ring is 1. The fourth-order valence-electron chi connectivity index (χ4n) is 3.01. The van der Waals surface area contributed by atoms with Crippen LogP contribution in [0, 0.1) is 5.92 Å². The van der Waals surface area contributed by atoms with Crippen molar-refractivity contribution in [3.05, 3.63) is 17.7 Å². The number of anilines is 2. The summed E-state index contributed by atoms with van der Waals surface area (Å²) in [5.41, 5.74) is 4.81. The molecular formula is C15H20BF3N2O. The van der Waals surface area contributed by atoms with Crippen LogP contribution in [-0.2, 0) is 11.0 Å². The molecule has 1 fully saturated rings. The maximum Gasteiger partial charge on any atom is 0.418 e. The maximum absolute atomic E-state index is 13.1. The summed E-state index contributed by atoms with van der Waals surface area (Å²) >= 11 is 0. The molecule has 1 saturated carbocycles. The molecule has 0 unspecified atom stereocenters. The van der Waals surface area contributed by atoms with Crippen molar-refractivity contribution in [2.45, 2.75) is 44.7 Å². The lowest BCUT2D eigenvalue weighted by atomic mass is 9.92. The fraction of sp³-hybridized carbons (Fsp3) is 0.533. The van der Waals surface area contributed by atoms with E-state index < -0.39 is 17.6 Å². The average Bonchev–Trinajstić information content (AvgIpc) is 2.91. The van der Waals surface area contributed by atoms with E-state index in [0.29, 0.717) is 11.4 Å². The highest BCUT2D eigenvalue weighted by Gasteiger charge is 2.35. The van der Waals surface area contributed by atoms with Gasteiger partial charge >= 0.3 is 6.18 Å². The molecule has 3 nitrogen and oxygen atoms in total. The van der Waals surface area contributed by atoms with Gasteiger partial charge in [-0.1, -0.05) is 37.2 Å². The van der Waals surface area contributed by atoms with Gasteiger partial charge in [-0.3, -0.25) is 4.79 Å². The monoisotopic (exact) mass is 312 g/mol. The molecule has 0 radical (unpaired) electrons. The first-order valence-electron chi connectivity index (χ1n) is 7.54. The molecule has 120 valence electrons. The predicted molar refractivity (Wildman–Crippen MR) is 83.9 cm³/mol. The van der Waals surface area contributed by atoms with Crippen LogP contribution in [0.3, 0.4) is 0 Å². The minimum atomic E-state index is -4.55. The van der Waals surface area contributed by atoms with Gasteiger partial charge in [0.15, 0.2) is 0 Å². The Balaban J connectivity index is 2.09. The van der Waals surface area contributed by atoms with Gasteiger partial charge < -0.3 is 11.1 Å². The number of hydrogen-bond acceptors (Lipinski definition) is 2. The first-order valence-corrected chi connectivity index (χ1v) is 7.54. The molecular weight excluding hydrogens is 292 g/mol. The predicted octanol–water partition coefficient (Wildman–Crippen LogP) is 2.45. The number of nitrogens with one attached hydrogen (secondary N) is 1. The molecule has 7 heteroatoms. The van der Waals surface area contributed by atoms with E-state index in [2.05, 4.69) is 5.32 Å². The Hall–Kier alpha value is -1.66. The van der Waals surface area contributed by atoms with Gasteiger partial charge in [0, 0.05) is 6.42 Å². The summed E-state index contributed by atoms with van der Waals surface area (Å²) in [7, 11) is 1.54. The highest BCUT2D eigenvalue weighted by atomic mass is 19.4. The van der Waals surface area contributed by atoms with Crippen LogP contribution < -0.4 is 16.5 Å². The first-order chi connectivity index (χ1) is 10.3. The van der Waals surface area contributed by atoms with Gasteiger partial charge in [0.05, 0.1) is 16.9 Å². The molecule has 1 amide bonds. The van der Waals surface area contributed by atoms with Crippen molar-refractivity contribution in [3.63, 3.8) is 0 Å². The van der Waals surface area contributed by atoms with Gasteiger partial charge in [-0.2, -0.15) is 13.2 Å². The van der Waals surface area contributed by atoms with E-state index in [9.17, 15) is 18.0 Å². The van der Waals surface area contributed by atoms with Crippen molar-refractivity contribution in [1.29, 1.82) is 0 Å². The third-order valence-electron chi connectivity index (χ3n) is 4.14. The van der Waals surface area contributed by atoms with E-state index in [1.807, 2.05) is 0 Å². The van der Waals surface area contributed by atoms with Gasteiger partial charge in [0.1, 0.15) is 7.85 Å². The third kappa shape index (κ3) is 4.18. The summed E-state index contributed by atoms with van der Waals surface area (Å²) in [4.78, 5) is 12.0. The van der Waals surface area contributed by atoms with Crippen LogP contribution in [-0.4, -0.2) is 13.8 Å². The molecule has 1 aliphatic rings. The molecule has 0 heterocycles. The van der Waals surface area contributed by atoms with Crippen LogP contribution in [0.15, 0.2) is 12.1 Å². The molecule has 3 N–H and O–H groups in total. The fourth-order valence-corrected chi connectivity index (χ4v) is 3.01. The molecule has 22 heavy (non-hydrogen) atoms. The Morgan fingerprint density at radius 1 is 1.32 bits per heavy atom. The van der Waals surface area contributed by atoms with E-state index in [-0.39, 0.29) is 17.8 Å². The van der Waals surface area contributed by atoms with Crippen molar-refractivity contribution < 1.29 is 18.0 Å². The molecule has 1 aromatic carbocycles. The number of amides is 1. The van der Waals surface area contributed by atoms with E-state index in [1.54, 1.807) is 0 Å². The number of benzene rings is 1. The van der Waals surface area contributed by atoms with Crippen LogP contribution in [0.5, 0.6) is 0 Å². The lowest BCUT2D eigenvalue weighted by molar-refractivity contribution is -0.136. The van der Waals surface area contributed by atoms with Crippen LogP contribution >= 0.6 is 0 Å². The molecule has 0 spiro atoms. The van der Waals surface area contributed by atoms with E-state index in [4.69, 9.17) is 5.73 Å². The van der Waals surface area contributed by atoms with Gasteiger partial charge in [-0.25, -0.2) is 0 Å². The largest absolute Gasteiger partial charge is 0.418 e. The van der Waals surface area contributed by atoms with Gasteiger partial charge in [-0.05, 0) is 18.4 Å².